The van der Waals surface area contributed by atoms with Crippen molar-refractivity contribution in [3.8, 4) is 11.5 Å². The van der Waals surface area contributed by atoms with E-state index in [2.05, 4.69) is 6.92 Å². The van der Waals surface area contributed by atoms with E-state index >= 15 is 0 Å². The summed E-state index contributed by atoms with van der Waals surface area (Å²) < 4.78 is 11.2. The van der Waals surface area contributed by atoms with E-state index in [-0.39, 0.29) is 5.92 Å². The molecule has 0 radical (unpaired) electrons. The van der Waals surface area contributed by atoms with E-state index in [4.69, 9.17) is 9.47 Å². The average molecular weight is 296 g/mol. The molecule has 0 bridgehead atoms. The molecule has 3 unspecified atom stereocenters. The van der Waals surface area contributed by atoms with E-state index in [1.165, 1.54) is 0 Å². The molecule has 0 aliphatic carbocycles. The molecular formula is C17H28O4. The quantitative estimate of drug-likeness (QED) is 0.735. The molecule has 0 aliphatic heterocycles. The Hall–Kier alpha value is -1.26. The molecule has 1 aromatic carbocycles. The Labute approximate surface area is 127 Å². The van der Waals surface area contributed by atoms with E-state index in [0.29, 0.717) is 19.6 Å². The molecule has 2 N–H and O–H groups in total. The maximum absolute atomic E-state index is 9.89. The molecule has 0 amide bonds. The van der Waals surface area contributed by atoms with Gasteiger partial charge in [-0.15, -0.1) is 0 Å². The number of benzene rings is 1. The molecule has 1 rings (SSSR count). The molecule has 120 valence electrons. The Balaban J connectivity index is 2.96. The molecule has 0 heterocycles. The van der Waals surface area contributed by atoms with Crippen LogP contribution in [-0.4, -0.2) is 35.6 Å². The molecule has 21 heavy (non-hydrogen) atoms. The van der Waals surface area contributed by atoms with Crippen molar-refractivity contribution in [3.05, 3.63) is 23.8 Å². The lowest BCUT2D eigenvalue weighted by atomic mass is 9.89. The summed E-state index contributed by atoms with van der Waals surface area (Å²) in [4.78, 5) is 0. The number of hydrogen-bond acceptors (Lipinski definition) is 4. The van der Waals surface area contributed by atoms with Crippen LogP contribution in [0.4, 0.5) is 0 Å². The highest BCUT2D eigenvalue weighted by atomic mass is 16.5. The van der Waals surface area contributed by atoms with Crippen LogP contribution in [0, 0.1) is 0 Å². The van der Waals surface area contributed by atoms with Crippen molar-refractivity contribution in [2.24, 2.45) is 0 Å². The molecule has 0 aliphatic rings. The summed E-state index contributed by atoms with van der Waals surface area (Å²) >= 11 is 0. The SMILES string of the molecule is CCOc1ccc(C(CC)CC(O)C(C)O)cc1OCC. The van der Waals surface area contributed by atoms with Crippen LogP contribution in [0.2, 0.25) is 0 Å². The first kappa shape index (κ1) is 17.8. The van der Waals surface area contributed by atoms with Crippen LogP contribution < -0.4 is 9.47 Å². The minimum atomic E-state index is -0.715. The van der Waals surface area contributed by atoms with Crippen molar-refractivity contribution < 1.29 is 19.7 Å². The minimum absolute atomic E-state index is 0.185. The fourth-order valence-electron chi connectivity index (χ4n) is 2.35. The largest absolute Gasteiger partial charge is 0.490 e. The Morgan fingerprint density at radius 3 is 2.14 bits per heavy atom. The third kappa shape index (κ3) is 5.21. The van der Waals surface area contributed by atoms with Crippen molar-refractivity contribution in [3.63, 3.8) is 0 Å². The van der Waals surface area contributed by atoms with E-state index < -0.39 is 12.2 Å². The van der Waals surface area contributed by atoms with Crippen LogP contribution in [0.5, 0.6) is 11.5 Å². The lowest BCUT2D eigenvalue weighted by Gasteiger charge is -2.22. The van der Waals surface area contributed by atoms with Crippen LogP contribution in [0.15, 0.2) is 18.2 Å². The van der Waals surface area contributed by atoms with Gasteiger partial charge in [-0.05, 0) is 57.2 Å². The molecule has 0 saturated carbocycles. The van der Waals surface area contributed by atoms with Gasteiger partial charge in [0, 0.05) is 0 Å². The van der Waals surface area contributed by atoms with Gasteiger partial charge in [-0.1, -0.05) is 13.0 Å². The molecule has 1 aromatic rings. The maximum atomic E-state index is 9.89. The van der Waals surface area contributed by atoms with Gasteiger partial charge in [-0.2, -0.15) is 0 Å². The van der Waals surface area contributed by atoms with Gasteiger partial charge in [-0.25, -0.2) is 0 Å². The molecule has 4 nitrogen and oxygen atoms in total. The van der Waals surface area contributed by atoms with Gasteiger partial charge in [0.05, 0.1) is 25.4 Å². The van der Waals surface area contributed by atoms with Crippen LogP contribution >= 0.6 is 0 Å². The van der Waals surface area contributed by atoms with Crippen LogP contribution in [0.1, 0.15) is 52.0 Å². The monoisotopic (exact) mass is 296 g/mol. The third-order valence-electron chi connectivity index (χ3n) is 3.61. The summed E-state index contributed by atoms with van der Waals surface area (Å²) in [6.07, 6.45) is 0.00185. The second-order valence-electron chi connectivity index (χ2n) is 5.22. The van der Waals surface area contributed by atoms with E-state index in [9.17, 15) is 10.2 Å². The van der Waals surface area contributed by atoms with Crippen molar-refractivity contribution >= 4 is 0 Å². The highest BCUT2D eigenvalue weighted by Gasteiger charge is 2.20. The lowest BCUT2D eigenvalue weighted by Crippen LogP contribution is -2.24. The minimum Gasteiger partial charge on any atom is -0.490 e. The van der Waals surface area contributed by atoms with Gasteiger partial charge in [-0.3, -0.25) is 0 Å². The maximum Gasteiger partial charge on any atom is 0.161 e. The number of ether oxygens (including phenoxy) is 2. The zero-order valence-corrected chi connectivity index (χ0v) is 13.5. The van der Waals surface area contributed by atoms with Gasteiger partial charge in [0.2, 0.25) is 0 Å². The standard InChI is InChI=1S/C17H28O4/c1-5-13(10-15(19)12(4)18)14-8-9-16(20-6-2)17(11-14)21-7-3/h8-9,11-13,15,18-19H,5-7,10H2,1-4H3. The number of rotatable bonds is 9. The Kier molecular flexibility index (Phi) is 7.54. The van der Waals surface area contributed by atoms with Crippen molar-refractivity contribution in [1.29, 1.82) is 0 Å². The van der Waals surface area contributed by atoms with Gasteiger partial charge in [0.25, 0.3) is 0 Å². The summed E-state index contributed by atoms with van der Waals surface area (Å²) in [6.45, 7) is 8.75. The first-order chi connectivity index (χ1) is 10.0. The lowest BCUT2D eigenvalue weighted by molar-refractivity contribution is 0.0215. The first-order valence-electron chi connectivity index (χ1n) is 7.79. The van der Waals surface area contributed by atoms with Crippen molar-refractivity contribution in [1.82, 2.24) is 0 Å². The topological polar surface area (TPSA) is 58.9 Å². The summed E-state index contributed by atoms with van der Waals surface area (Å²) in [5.74, 6) is 1.67. The summed E-state index contributed by atoms with van der Waals surface area (Å²) in [6, 6.07) is 5.91. The summed E-state index contributed by atoms with van der Waals surface area (Å²) in [5.41, 5.74) is 1.10. The number of aliphatic hydroxyl groups is 2. The van der Waals surface area contributed by atoms with E-state index in [0.717, 1.165) is 23.5 Å². The van der Waals surface area contributed by atoms with Crippen molar-refractivity contribution in [2.75, 3.05) is 13.2 Å². The van der Waals surface area contributed by atoms with Crippen molar-refractivity contribution in [2.45, 2.75) is 58.7 Å². The van der Waals surface area contributed by atoms with Crippen LogP contribution in [-0.2, 0) is 0 Å². The Morgan fingerprint density at radius 2 is 1.62 bits per heavy atom. The summed E-state index contributed by atoms with van der Waals surface area (Å²) in [5, 5.41) is 19.4. The fraction of sp³-hybridized carbons (Fsp3) is 0.647. The fourth-order valence-corrected chi connectivity index (χ4v) is 2.35. The molecule has 0 saturated heterocycles. The van der Waals surface area contributed by atoms with Crippen LogP contribution in [0.25, 0.3) is 0 Å². The summed E-state index contributed by atoms with van der Waals surface area (Å²) in [7, 11) is 0. The zero-order valence-electron chi connectivity index (χ0n) is 13.5. The predicted octanol–water partition coefficient (Wildman–Crippen LogP) is 3.11. The normalized spacial score (nSPS) is 15.3. The molecule has 0 spiro atoms. The molecule has 3 atom stereocenters. The predicted molar refractivity (Wildman–Crippen MR) is 84.1 cm³/mol. The van der Waals surface area contributed by atoms with E-state index in [1.54, 1.807) is 6.92 Å². The highest BCUT2D eigenvalue weighted by molar-refractivity contribution is 5.44. The van der Waals surface area contributed by atoms with E-state index in [1.807, 2.05) is 32.0 Å². The Morgan fingerprint density at radius 1 is 1.00 bits per heavy atom. The third-order valence-corrected chi connectivity index (χ3v) is 3.61. The number of aliphatic hydroxyl groups excluding tert-OH is 2. The van der Waals surface area contributed by atoms with Gasteiger partial charge >= 0.3 is 0 Å². The smallest absolute Gasteiger partial charge is 0.161 e. The molecular weight excluding hydrogens is 268 g/mol. The highest BCUT2D eigenvalue weighted by Crippen LogP contribution is 2.34. The second-order valence-corrected chi connectivity index (χ2v) is 5.22. The number of hydrogen-bond donors (Lipinski definition) is 2. The molecule has 4 heteroatoms. The molecule has 0 aromatic heterocycles. The zero-order chi connectivity index (χ0) is 15.8. The van der Waals surface area contributed by atoms with Gasteiger partial charge < -0.3 is 19.7 Å². The van der Waals surface area contributed by atoms with Gasteiger partial charge in [0.1, 0.15) is 0 Å². The van der Waals surface area contributed by atoms with Gasteiger partial charge in [0.15, 0.2) is 11.5 Å². The molecule has 0 fully saturated rings. The average Bonchev–Trinajstić information content (AvgIpc) is 2.46. The van der Waals surface area contributed by atoms with Crippen LogP contribution in [0.3, 0.4) is 0 Å². The first-order valence-corrected chi connectivity index (χ1v) is 7.79. The Bertz CT molecular complexity index is 417. The second kappa shape index (κ2) is 8.90.